The molecule has 6 N–H and O–H groups in total. The van der Waals surface area contributed by atoms with Crippen LogP contribution in [-0.2, 0) is 77.1 Å². The molecule has 11 aromatic rings. The van der Waals surface area contributed by atoms with Gasteiger partial charge in [0.2, 0.25) is 29.5 Å². The first-order chi connectivity index (χ1) is 64.1. The quantitative estimate of drug-likeness (QED) is 0.0228. The van der Waals surface area contributed by atoms with Crippen LogP contribution in [0.3, 0.4) is 0 Å². The van der Waals surface area contributed by atoms with Crippen molar-refractivity contribution in [2.75, 3.05) is 26.2 Å². The molecule has 4 saturated heterocycles. The van der Waals surface area contributed by atoms with Crippen LogP contribution in [-0.4, -0.2) is 220 Å². The molecule has 6 amide bonds. The lowest BCUT2D eigenvalue weighted by atomic mass is 9.91. The number of likely N-dealkylation sites (tertiary alicyclic amines) is 4. The van der Waals surface area contributed by atoms with Crippen molar-refractivity contribution in [3.8, 4) is 42.6 Å². The summed E-state index contributed by atoms with van der Waals surface area (Å²) in [7, 11) is 0. The van der Waals surface area contributed by atoms with Crippen LogP contribution < -0.4 is 10.6 Å². The summed E-state index contributed by atoms with van der Waals surface area (Å²) < 4.78 is 15.7. The summed E-state index contributed by atoms with van der Waals surface area (Å²) in [6, 6.07) is 41.2. The fourth-order valence-corrected chi connectivity index (χ4v) is 20.9. The van der Waals surface area contributed by atoms with Gasteiger partial charge in [0.1, 0.15) is 34.5 Å². The highest BCUT2D eigenvalue weighted by Crippen LogP contribution is 2.37. The number of carbonyl (C=O) groups excluding carboxylic acids is 9. The molecule has 29 nitrogen and oxygen atoms in total. The molecule has 4 fully saturated rings. The molecule has 5 aliphatic heterocycles. The second-order valence-electron chi connectivity index (χ2n) is 36.1. The number of hydrogen-bond donors (Lipinski definition) is 6. The number of fused-ring (bicyclic) bond motifs is 1. The van der Waals surface area contributed by atoms with Crippen LogP contribution in [0, 0.1) is 52.4 Å². The summed E-state index contributed by atoms with van der Waals surface area (Å²) >= 11 is 10.5. The number of nitrogens with one attached hydrogen (secondary N) is 2. The number of Topliss-reactive ketones (excluding diaryl/α,β-unsaturated/α-hetero) is 3. The van der Waals surface area contributed by atoms with Crippen molar-refractivity contribution in [2.45, 2.75) is 233 Å². The van der Waals surface area contributed by atoms with Crippen molar-refractivity contribution in [3.05, 3.63) is 236 Å². The maximum Gasteiger partial charge on any atom is 0.255 e. The minimum Gasteiger partial charge on any atom is -0.391 e. The lowest BCUT2D eigenvalue weighted by Gasteiger charge is -2.35. The molecule has 134 heavy (non-hydrogen) atoms. The molecule has 0 radical (unpaired) electrons. The Labute approximate surface area is 797 Å². The zero-order chi connectivity index (χ0) is 95.9. The molecule has 0 spiro atoms. The van der Waals surface area contributed by atoms with E-state index in [2.05, 4.69) is 89.6 Å². The number of hydrogen-bond acceptors (Lipinski definition) is 26. The Morgan fingerprint density at radius 2 is 0.940 bits per heavy atom. The molecule has 16 rings (SSSR count). The van der Waals surface area contributed by atoms with E-state index < -0.39 is 60.5 Å². The third-order valence-electron chi connectivity index (χ3n) is 25.0. The smallest absolute Gasteiger partial charge is 0.255 e. The van der Waals surface area contributed by atoms with Gasteiger partial charge < -0.3 is 69.1 Å². The zero-order valence-electron chi connectivity index (χ0n) is 77.4. The maximum atomic E-state index is 13.8. The number of β-amino-alcohol motifs (C(OH)–C–C–N with tert-alkyl or cyclic N) is 4. The number of nitrogens with zero attached hydrogens (tertiary/aromatic N) is 11. The number of carbonyl (C=O) groups is 9. The van der Waals surface area contributed by atoms with Crippen molar-refractivity contribution in [2.24, 2.45) is 17.8 Å². The van der Waals surface area contributed by atoms with E-state index >= 15 is 0 Å². The van der Waals surface area contributed by atoms with Gasteiger partial charge in [-0.1, -0.05) is 184 Å². The topological polar surface area (TPSA) is 392 Å². The fourth-order valence-electron chi connectivity index (χ4n) is 17.9. The number of amides is 6. The normalized spacial score (nSPS) is 19.2. The zero-order valence-corrected chi connectivity index (χ0v) is 80.7. The van der Waals surface area contributed by atoms with Gasteiger partial charge in [-0.05, 0) is 122 Å². The molecule has 5 aromatic carbocycles. The van der Waals surface area contributed by atoms with E-state index in [4.69, 9.17) is 25.8 Å². The Hall–Kier alpha value is -11.8. The second-order valence-corrected chi connectivity index (χ2v) is 39.1. The van der Waals surface area contributed by atoms with Gasteiger partial charge in [0.15, 0.2) is 23.1 Å². The van der Waals surface area contributed by atoms with Gasteiger partial charge in [-0.3, -0.25) is 43.2 Å². The number of benzene rings is 5. The van der Waals surface area contributed by atoms with E-state index in [0.717, 1.165) is 81.8 Å². The molecule has 706 valence electrons. The first kappa shape index (κ1) is 99.7. The highest BCUT2D eigenvalue weighted by Gasteiger charge is 2.48. The van der Waals surface area contributed by atoms with Gasteiger partial charge in [0.05, 0.1) is 121 Å². The van der Waals surface area contributed by atoms with Crippen LogP contribution in [0.4, 0.5) is 0 Å². The van der Waals surface area contributed by atoms with E-state index in [1.807, 2.05) is 157 Å². The highest BCUT2D eigenvalue weighted by atomic mass is 32.1. The molecule has 11 heterocycles. The molecule has 0 bridgehead atoms. The van der Waals surface area contributed by atoms with Crippen LogP contribution in [0.1, 0.15) is 177 Å². The largest absolute Gasteiger partial charge is 0.391 e. The van der Waals surface area contributed by atoms with Gasteiger partial charge in [-0.2, -0.15) is 0 Å². The van der Waals surface area contributed by atoms with Crippen molar-refractivity contribution in [1.82, 2.24) is 65.6 Å². The van der Waals surface area contributed by atoms with E-state index in [9.17, 15) is 63.6 Å². The summed E-state index contributed by atoms with van der Waals surface area (Å²) in [4.78, 5) is 142. The van der Waals surface area contributed by atoms with E-state index in [0.29, 0.717) is 97.3 Å². The van der Waals surface area contributed by atoms with Crippen LogP contribution in [0.25, 0.3) is 42.6 Å². The monoisotopic (exact) mass is 1900 g/mol. The molecule has 0 aliphatic carbocycles. The van der Waals surface area contributed by atoms with Gasteiger partial charge in [0, 0.05) is 120 Å². The lowest BCUT2D eigenvalue weighted by molar-refractivity contribution is -0.143. The summed E-state index contributed by atoms with van der Waals surface area (Å²) in [6.45, 7) is 24.0. The Kier molecular flexibility index (Phi) is 33.8. The molecular formula is C101H117N13O16S4. The second kappa shape index (κ2) is 45.5. The molecule has 6 aromatic heterocycles. The van der Waals surface area contributed by atoms with Crippen LogP contribution in [0.2, 0.25) is 0 Å². The van der Waals surface area contributed by atoms with Gasteiger partial charge in [0.25, 0.3) is 5.91 Å². The average molecular weight is 1900 g/mol. The Morgan fingerprint density at radius 1 is 0.500 bits per heavy atom. The van der Waals surface area contributed by atoms with Gasteiger partial charge >= 0.3 is 0 Å². The number of aliphatic hydroxyl groups is 4. The van der Waals surface area contributed by atoms with Crippen molar-refractivity contribution >= 4 is 104 Å². The van der Waals surface area contributed by atoms with Crippen molar-refractivity contribution < 1.29 is 77.1 Å². The Balaban J connectivity index is 0.000000152. The van der Waals surface area contributed by atoms with Crippen LogP contribution >= 0.6 is 46.2 Å². The molecule has 5 aliphatic rings. The SMILES string of the molecule is CC(=O)N[C@H](C(=S)N1C[C@H](O)C[C@H]1C(=O)CCc1ccc(-c2scnc2C)cc1)C(C)C.CC(C)[C@@H](C(=O)N1C[C@H](O)C[C@H]1C(=O)NCc1ccc(-c2ccno2)cc1)N1Cc2ccccc2C1=O.Cc1cc(C(C(=O)N2C[C@H](O)C[C@H]2C(=O)CCc2ccc(-c3scnc3C)cc2)C(C)C)on1.Cc1cc(CC(=O)N2C[C@H](O)C[C@H]2C(=O)CCc2ccc(-c3scnc3C)cc2)on1. The number of ketones is 3. The number of thiazole rings is 3. The number of rotatable bonds is 30. The number of aliphatic hydroxyl groups excluding tert-OH is 4. The minimum atomic E-state index is -0.808. The fraction of sp³-hybridized carbons (Fsp3) is 0.426. The summed E-state index contributed by atoms with van der Waals surface area (Å²) in [6.07, 6.45) is 2.72. The number of aryl methyl sites for hydroxylation is 8. The Bertz CT molecular complexity index is 5910. The first-order valence-electron chi connectivity index (χ1n) is 45.4. The lowest BCUT2D eigenvalue weighted by Crippen LogP contribution is -2.55. The molecular weight excluding hydrogens is 1780 g/mol. The molecule has 1 unspecified atom stereocenters. The molecule has 33 heteroatoms. The van der Waals surface area contributed by atoms with E-state index in [1.54, 1.807) is 81.2 Å². The van der Waals surface area contributed by atoms with E-state index in [-0.39, 0.29) is 128 Å². The number of thiocarbonyl (C=S) groups is 1. The van der Waals surface area contributed by atoms with Crippen LogP contribution in [0.5, 0.6) is 0 Å². The summed E-state index contributed by atoms with van der Waals surface area (Å²) in [5, 5.41) is 58.2. The predicted octanol–water partition coefficient (Wildman–Crippen LogP) is 13.6. The standard InChI is InChI=1S/C28H30N4O5.C26H31N3O4S.C24H31N3O3S2.C23H25N3O4S/c1-17(2)25(32-15-20-5-3-4-6-22(20)27(32)35)28(36)31-16-21(33)13-23(31)26(34)29-14-18-7-9-19(10-8-18)24-11-12-30-37-24;1-15(2)24(23-11-16(3)28-33-23)26(32)29-13-20(30)12-21(29)22(31)10-7-18-5-8-19(9-6-18)25-17(4)27-14-34-25;1-14(2)22(26-16(4)28)24(31)27-12-19(29)11-20(27)21(30)10-7-17-5-8-18(9-6-17)23-15(3)25-13-32-23;1-14-9-19(30-25-14)11-22(29)26-12-18(27)10-20(26)21(28)8-5-16-3-6-17(7-4-16)23-15(2)24-13-31-23/h3-12,17,21,23,25,33H,13-16H2,1-2H3,(H,29,34);5-6,8-9,11,14-15,20-21,24,30H,7,10,12-13H2,1-4H3;5-6,8-9,13-14,19-20,22,29H,7,10-12H2,1-4H3,(H,26,28);3-4,6-7,9,13,18,20,27H,5,8,10-12H2,1-2H3/t21-,23+,25+;20-,21+,24?;19-,20+,22+;18-,20+/m1111/s1. The van der Waals surface area contributed by atoms with E-state index in [1.165, 1.54) is 16.7 Å². The summed E-state index contributed by atoms with van der Waals surface area (Å²) in [5.41, 5.74) is 19.8. The Morgan fingerprint density at radius 3 is 1.37 bits per heavy atom. The number of aromatic nitrogens is 6. The summed E-state index contributed by atoms with van der Waals surface area (Å²) in [5.74, 6) is -0.428. The average Bonchev–Trinajstić information content (AvgIpc) is 1.56. The van der Waals surface area contributed by atoms with Crippen LogP contribution in [0.15, 0.2) is 176 Å². The maximum absolute atomic E-state index is 13.8. The minimum absolute atomic E-state index is 0.0245. The van der Waals surface area contributed by atoms with Gasteiger partial charge in [-0.25, -0.2) is 15.0 Å². The molecule has 11 atom stereocenters. The van der Waals surface area contributed by atoms with Crippen molar-refractivity contribution in [1.29, 1.82) is 0 Å². The van der Waals surface area contributed by atoms with Crippen molar-refractivity contribution in [3.63, 3.8) is 0 Å². The molecule has 0 saturated carbocycles. The highest BCUT2D eigenvalue weighted by molar-refractivity contribution is 7.80. The third kappa shape index (κ3) is 24.8. The predicted molar refractivity (Wildman–Crippen MR) is 514 cm³/mol. The van der Waals surface area contributed by atoms with Gasteiger partial charge in [-0.15, -0.1) is 34.0 Å². The third-order valence-corrected chi connectivity index (χ3v) is 28.4. The first-order valence-corrected chi connectivity index (χ1v) is 48.5.